The molecule has 2 N–H and O–H groups in total. The number of anilines is 2. The summed E-state index contributed by atoms with van der Waals surface area (Å²) in [4.78, 5) is 21.7. The van der Waals surface area contributed by atoms with Gasteiger partial charge in [0.25, 0.3) is 5.69 Å². The molecule has 0 aliphatic heterocycles. The monoisotopic (exact) mass is 323 g/mol. The van der Waals surface area contributed by atoms with E-state index in [2.05, 4.69) is 15.4 Å². The van der Waals surface area contributed by atoms with E-state index in [0.29, 0.717) is 11.4 Å². The number of halogens is 2. The molecule has 0 saturated carbocycles. The maximum atomic E-state index is 12.0. The van der Waals surface area contributed by atoms with Gasteiger partial charge in [0.05, 0.1) is 4.92 Å². The quantitative estimate of drug-likeness (QED) is 0.646. The second-order valence-corrected chi connectivity index (χ2v) is 4.29. The fourth-order valence-corrected chi connectivity index (χ4v) is 1.68. The van der Waals surface area contributed by atoms with Gasteiger partial charge in [-0.05, 0) is 36.4 Å². The molecule has 2 rings (SSSR count). The summed E-state index contributed by atoms with van der Waals surface area (Å²) in [5, 5.41) is 15.5. The zero-order valence-electron chi connectivity index (χ0n) is 11.5. The van der Waals surface area contributed by atoms with Crippen LogP contribution in [0.1, 0.15) is 0 Å². The molecule has 2 aromatic rings. The molecule has 0 aromatic heterocycles. The van der Waals surface area contributed by atoms with Crippen molar-refractivity contribution >= 4 is 23.1 Å². The number of carbonyl (C=O) groups excluding carboxylic acids is 1. The Hall–Kier alpha value is -3.23. The molecule has 0 saturated heterocycles. The first kappa shape index (κ1) is 16.1. The molecule has 2 amide bonds. The van der Waals surface area contributed by atoms with Crippen LogP contribution in [-0.4, -0.2) is 17.6 Å². The number of alkyl halides is 2. The third kappa shape index (κ3) is 4.92. The van der Waals surface area contributed by atoms with Crippen LogP contribution >= 0.6 is 0 Å². The summed E-state index contributed by atoms with van der Waals surface area (Å²) in [6.45, 7) is -2.92. The molecule has 0 unspecified atom stereocenters. The molecule has 0 aliphatic carbocycles. The average molecular weight is 323 g/mol. The second kappa shape index (κ2) is 7.16. The fourth-order valence-electron chi connectivity index (χ4n) is 1.68. The number of amides is 2. The Labute approximate surface area is 129 Å². The van der Waals surface area contributed by atoms with E-state index in [9.17, 15) is 23.7 Å². The molecule has 0 aliphatic rings. The van der Waals surface area contributed by atoms with Crippen molar-refractivity contribution in [3.8, 4) is 5.75 Å². The van der Waals surface area contributed by atoms with E-state index >= 15 is 0 Å². The van der Waals surface area contributed by atoms with Crippen molar-refractivity contribution in [3.05, 3.63) is 58.6 Å². The molecule has 2 aromatic carbocycles. The zero-order chi connectivity index (χ0) is 16.8. The van der Waals surface area contributed by atoms with Crippen molar-refractivity contribution in [2.24, 2.45) is 0 Å². The number of non-ortho nitro benzene ring substituents is 1. The molecular weight excluding hydrogens is 312 g/mol. The average Bonchev–Trinajstić information content (AvgIpc) is 2.49. The third-order valence-corrected chi connectivity index (χ3v) is 2.67. The lowest BCUT2D eigenvalue weighted by Crippen LogP contribution is -2.19. The summed E-state index contributed by atoms with van der Waals surface area (Å²) in [5.74, 6) is -0.0265. The number of nitro groups is 1. The standard InChI is InChI=1S/C14H11F2N3O4/c15-13(16)23-12-7-3-10(4-8-12)18-14(20)17-9-1-5-11(6-2-9)19(21)22/h1-8,13H,(H2,17,18,20). The maximum absolute atomic E-state index is 12.0. The largest absolute Gasteiger partial charge is 0.435 e. The number of rotatable bonds is 5. The smallest absolute Gasteiger partial charge is 0.387 e. The molecule has 0 fully saturated rings. The van der Waals surface area contributed by atoms with E-state index in [1.807, 2.05) is 0 Å². The highest BCUT2D eigenvalue weighted by Crippen LogP contribution is 2.19. The van der Waals surface area contributed by atoms with E-state index in [1.54, 1.807) is 0 Å². The predicted molar refractivity (Wildman–Crippen MR) is 78.8 cm³/mol. The summed E-state index contributed by atoms with van der Waals surface area (Å²) >= 11 is 0. The Morgan fingerprint density at radius 3 is 1.91 bits per heavy atom. The Morgan fingerprint density at radius 1 is 1.00 bits per heavy atom. The van der Waals surface area contributed by atoms with Crippen LogP contribution in [0, 0.1) is 10.1 Å². The highest BCUT2D eigenvalue weighted by Gasteiger charge is 2.07. The van der Waals surface area contributed by atoms with Gasteiger partial charge in [0.2, 0.25) is 0 Å². The second-order valence-electron chi connectivity index (χ2n) is 4.29. The number of nitrogens with zero attached hydrogens (tertiary/aromatic N) is 1. The molecule has 0 atom stereocenters. The fraction of sp³-hybridized carbons (Fsp3) is 0.0714. The lowest BCUT2D eigenvalue weighted by molar-refractivity contribution is -0.384. The number of hydrogen-bond donors (Lipinski definition) is 2. The number of carbonyl (C=O) groups is 1. The molecule has 0 spiro atoms. The molecule has 9 heteroatoms. The maximum Gasteiger partial charge on any atom is 0.387 e. The minimum atomic E-state index is -2.92. The van der Waals surface area contributed by atoms with Crippen LogP contribution in [0.25, 0.3) is 0 Å². The summed E-state index contributed by atoms with van der Waals surface area (Å²) in [7, 11) is 0. The first-order valence-corrected chi connectivity index (χ1v) is 6.31. The van der Waals surface area contributed by atoms with Gasteiger partial charge in [0.15, 0.2) is 0 Å². The Balaban J connectivity index is 1.92. The van der Waals surface area contributed by atoms with Crippen molar-refractivity contribution in [3.63, 3.8) is 0 Å². The van der Waals surface area contributed by atoms with Crippen molar-refractivity contribution in [2.75, 3.05) is 10.6 Å². The van der Waals surface area contributed by atoms with Gasteiger partial charge in [0.1, 0.15) is 5.75 Å². The SMILES string of the molecule is O=C(Nc1ccc(OC(F)F)cc1)Nc1ccc([N+](=O)[O-])cc1. The van der Waals surface area contributed by atoms with Crippen molar-refractivity contribution in [2.45, 2.75) is 6.61 Å². The van der Waals surface area contributed by atoms with Gasteiger partial charge in [-0.15, -0.1) is 0 Å². The van der Waals surface area contributed by atoms with Crippen molar-refractivity contribution in [1.29, 1.82) is 0 Å². The van der Waals surface area contributed by atoms with Gasteiger partial charge >= 0.3 is 12.6 Å². The lowest BCUT2D eigenvalue weighted by atomic mass is 10.3. The highest BCUT2D eigenvalue weighted by molar-refractivity contribution is 5.99. The van der Waals surface area contributed by atoms with Crippen LogP contribution in [0.15, 0.2) is 48.5 Å². The van der Waals surface area contributed by atoms with E-state index in [4.69, 9.17) is 0 Å². The Morgan fingerprint density at radius 2 is 1.48 bits per heavy atom. The van der Waals surface area contributed by atoms with Gasteiger partial charge in [-0.1, -0.05) is 0 Å². The van der Waals surface area contributed by atoms with E-state index in [-0.39, 0.29) is 11.4 Å². The number of hydrogen-bond acceptors (Lipinski definition) is 4. The predicted octanol–water partition coefficient (Wildman–Crippen LogP) is 3.84. The van der Waals surface area contributed by atoms with Crippen LogP contribution in [-0.2, 0) is 0 Å². The molecule has 0 bridgehead atoms. The number of urea groups is 1. The topological polar surface area (TPSA) is 93.5 Å². The van der Waals surface area contributed by atoms with E-state index < -0.39 is 17.6 Å². The molecule has 120 valence electrons. The number of benzene rings is 2. The van der Waals surface area contributed by atoms with Crippen LogP contribution < -0.4 is 15.4 Å². The van der Waals surface area contributed by atoms with E-state index in [0.717, 1.165) is 0 Å². The van der Waals surface area contributed by atoms with Gasteiger partial charge < -0.3 is 15.4 Å². The molecular formula is C14H11F2N3O4. The third-order valence-electron chi connectivity index (χ3n) is 2.67. The zero-order valence-corrected chi connectivity index (χ0v) is 11.5. The van der Waals surface area contributed by atoms with Gasteiger partial charge in [-0.25, -0.2) is 4.79 Å². The minimum absolute atomic E-state index is 0.0265. The minimum Gasteiger partial charge on any atom is -0.435 e. The molecule has 0 radical (unpaired) electrons. The molecule has 23 heavy (non-hydrogen) atoms. The van der Waals surface area contributed by atoms with Crippen LogP contribution in [0.2, 0.25) is 0 Å². The highest BCUT2D eigenvalue weighted by atomic mass is 19.3. The van der Waals surface area contributed by atoms with Crippen LogP contribution in [0.4, 0.5) is 30.6 Å². The normalized spacial score (nSPS) is 10.2. The Bertz CT molecular complexity index is 690. The van der Waals surface area contributed by atoms with Gasteiger partial charge in [-0.2, -0.15) is 8.78 Å². The van der Waals surface area contributed by atoms with Crippen LogP contribution in [0.3, 0.4) is 0 Å². The summed E-state index contributed by atoms with van der Waals surface area (Å²) in [6.07, 6.45) is 0. The summed E-state index contributed by atoms with van der Waals surface area (Å²) in [5.41, 5.74) is 0.641. The lowest BCUT2D eigenvalue weighted by Gasteiger charge is -2.09. The van der Waals surface area contributed by atoms with Gasteiger partial charge in [0, 0.05) is 23.5 Å². The van der Waals surface area contributed by atoms with Crippen LogP contribution in [0.5, 0.6) is 5.75 Å². The van der Waals surface area contributed by atoms with E-state index in [1.165, 1.54) is 48.5 Å². The summed E-state index contributed by atoms with van der Waals surface area (Å²) in [6, 6.07) is 10.1. The van der Waals surface area contributed by atoms with Crippen molar-refractivity contribution < 1.29 is 23.2 Å². The summed E-state index contributed by atoms with van der Waals surface area (Å²) < 4.78 is 28.2. The molecule has 0 heterocycles. The van der Waals surface area contributed by atoms with Crippen molar-refractivity contribution in [1.82, 2.24) is 0 Å². The number of nitrogens with one attached hydrogen (secondary N) is 2. The van der Waals surface area contributed by atoms with Gasteiger partial charge in [-0.3, -0.25) is 10.1 Å². The first-order valence-electron chi connectivity index (χ1n) is 6.31. The number of ether oxygens (including phenoxy) is 1. The first-order chi connectivity index (χ1) is 10.9. The number of nitro benzene ring substituents is 1. The Kier molecular flexibility index (Phi) is 5.03. The molecule has 7 nitrogen and oxygen atoms in total.